The van der Waals surface area contributed by atoms with Crippen molar-refractivity contribution in [3.05, 3.63) is 79.8 Å². The van der Waals surface area contributed by atoms with Crippen LogP contribution in [0.25, 0.3) is 32.9 Å². The first-order valence-corrected chi connectivity index (χ1v) is 19.1. The molecule has 5 fully saturated rings. The van der Waals surface area contributed by atoms with E-state index >= 15 is 4.39 Å². The Balaban J connectivity index is 1.24. The van der Waals surface area contributed by atoms with Crippen molar-refractivity contribution in [1.29, 1.82) is 5.26 Å². The topological polar surface area (TPSA) is 96.1 Å². The summed E-state index contributed by atoms with van der Waals surface area (Å²) in [6, 6.07) is 13.0. The third-order valence-corrected chi connectivity index (χ3v) is 12.7. The maximum absolute atomic E-state index is 17.2. The molecule has 3 saturated heterocycles. The Morgan fingerprint density at radius 1 is 1.22 bits per heavy atom. The van der Waals surface area contributed by atoms with Gasteiger partial charge in [-0.3, -0.25) is 4.79 Å². The van der Waals surface area contributed by atoms with Crippen LogP contribution in [0.15, 0.2) is 36.4 Å². The van der Waals surface area contributed by atoms with E-state index in [1.807, 2.05) is 24.8 Å². The summed E-state index contributed by atoms with van der Waals surface area (Å²) in [6.07, 6.45) is 3.01. The number of nitriles is 1. The largest absolute Gasteiger partial charge is 0.370 e. The lowest BCUT2D eigenvalue weighted by molar-refractivity contribution is -0.134. The van der Waals surface area contributed by atoms with Gasteiger partial charge in [-0.1, -0.05) is 35.3 Å². The lowest BCUT2D eigenvalue weighted by atomic mass is 9.79. The first-order valence-electron chi connectivity index (χ1n) is 18.6. The molecule has 0 radical (unpaired) electrons. The van der Waals surface area contributed by atoms with Gasteiger partial charge in [0.2, 0.25) is 5.91 Å². The number of nitrogens with one attached hydrogen (secondary N) is 1. The third kappa shape index (κ3) is 5.55. The van der Waals surface area contributed by atoms with Crippen molar-refractivity contribution in [1.82, 2.24) is 24.1 Å². The highest BCUT2D eigenvalue weighted by Crippen LogP contribution is 2.51. The molecule has 262 valence electrons. The number of aromatic nitrogens is 3. The summed E-state index contributed by atoms with van der Waals surface area (Å²) < 4.78 is 47.6. The molecule has 10 rings (SSSR count). The molecule has 5 aromatic rings. The predicted octanol–water partition coefficient (Wildman–Crippen LogP) is 8.63. The molecular weight excluding hydrogens is 706 g/mol. The zero-order valence-electron chi connectivity index (χ0n) is 30.2. The second-order valence-corrected chi connectivity index (χ2v) is 16.3. The van der Waals surface area contributed by atoms with E-state index in [0.29, 0.717) is 46.0 Å². The SMILES string of the molecule is [2H]C([2H])(O[C@H]1C[C@H](c2cc3c(C)nc4c(F)c(-c5cccc(Cl)c5Cl)c(CCC#N)cc4c3n2[C@H]2[C@H]3CN[C@@H]2C3)N(C(=O)C2CC2)C1)c1cc(C)sn1. The normalized spacial score (nSPS) is 24.9. The molecule has 2 saturated carbocycles. The second-order valence-electron chi connectivity index (χ2n) is 14.5. The first-order chi connectivity index (χ1) is 25.4. The van der Waals surface area contributed by atoms with Gasteiger partial charge in [-0.15, -0.1) is 0 Å². The summed E-state index contributed by atoms with van der Waals surface area (Å²) in [5.41, 5.74) is 4.23. The molecule has 12 heteroatoms. The maximum atomic E-state index is 17.2. The van der Waals surface area contributed by atoms with Crippen LogP contribution in [0.1, 0.15) is 74.5 Å². The summed E-state index contributed by atoms with van der Waals surface area (Å²) >= 11 is 14.3. The number of carbonyl (C=O) groups is 1. The smallest absolute Gasteiger partial charge is 0.226 e. The van der Waals surface area contributed by atoms with Crippen LogP contribution in [0.5, 0.6) is 0 Å². The zero-order valence-corrected chi connectivity index (χ0v) is 30.5. The van der Waals surface area contributed by atoms with Crippen molar-refractivity contribution in [2.24, 2.45) is 11.8 Å². The van der Waals surface area contributed by atoms with E-state index in [1.165, 1.54) is 11.5 Å². The fraction of sp³-hybridized carbons (Fsp3) is 0.436. The van der Waals surface area contributed by atoms with Crippen molar-refractivity contribution < 1.29 is 16.7 Å². The highest BCUT2D eigenvalue weighted by molar-refractivity contribution is 7.05. The van der Waals surface area contributed by atoms with Gasteiger partial charge < -0.3 is 19.5 Å². The van der Waals surface area contributed by atoms with Crippen LogP contribution in [0.4, 0.5) is 4.39 Å². The van der Waals surface area contributed by atoms with Crippen molar-refractivity contribution in [2.45, 2.75) is 83.2 Å². The quantitative estimate of drug-likeness (QED) is 0.162. The molecule has 0 spiro atoms. The third-order valence-electron chi connectivity index (χ3n) is 11.2. The fourth-order valence-corrected chi connectivity index (χ4v) is 9.52. The number of rotatable bonds is 9. The standard InChI is InChI=1S/C39H37Cl2FN6O2S/c1-19-11-24(46-51-19)18-50-25-14-31(47(17-25)39(49)21-8-9-21)32-15-27-20(2)45-36-28(38(27)48(32)37-23-13-30(37)44-16-23)12-22(5-4-10-43)33(35(36)42)26-6-3-7-29(40)34(26)41/h3,6-7,11-12,15,21,23,25,30-31,37,44H,4-5,8-9,13-14,16-18H2,1-2H3/t23-,25+,30-,31-,37+/m1/s1/i18D2. The number of fused-ring (bicyclic) bond motifs is 4. The van der Waals surface area contributed by atoms with Crippen LogP contribution in [-0.2, 0) is 22.5 Å². The minimum atomic E-state index is -2.13. The van der Waals surface area contributed by atoms with Crippen LogP contribution in [0, 0.1) is 42.8 Å². The number of amides is 1. The Morgan fingerprint density at radius 2 is 2.06 bits per heavy atom. The molecule has 3 aromatic heterocycles. The van der Waals surface area contributed by atoms with Gasteiger partial charge in [-0.05, 0) is 86.8 Å². The van der Waals surface area contributed by atoms with E-state index < -0.39 is 24.5 Å². The van der Waals surface area contributed by atoms with Gasteiger partial charge in [0.1, 0.15) is 5.52 Å². The highest BCUT2D eigenvalue weighted by atomic mass is 35.5. The van der Waals surface area contributed by atoms with E-state index in [2.05, 4.69) is 26.4 Å². The molecule has 1 amide bonds. The Morgan fingerprint density at radius 3 is 2.76 bits per heavy atom. The first kappa shape index (κ1) is 31.0. The number of ether oxygens (including phenoxy) is 1. The summed E-state index contributed by atoms with van der Waals surface area (Å²) in [5.74, 6) is -0.155. The molecule has 2 bridgehead atoms. The minimum Gasteiger partial charge on any atom is -0.370 e. The summed E-state index contributed by atoms with van der Waals surface area (Å²) in [6.45, 7) is 2.77. The molecule has 8 nitrogen and oxygen atoms in total. The van der Waals surface area contributed by atoms with E-state index in [1.54, 1.807) is 24.3 Å². The number of nitrogens with zero attached hydrogens (tertiary/aromatic N) is 5. The number of halogens is 3. The molecule has 2 aromatic carbocycles. The number of hydrogen-bond donors (Lipinski definition) is 1. The Labute approximate surface area is 312 Å². The molecular formula is C39H37Cl2FN6O2S. The van der Waals surface area contributed by atoms with Crippen LogP contribution >= 0.6 is 34.7 Å². The van der Waals surface area contributed by atoms with Crippen LogP contribution in [0.2, 0.25) is 10.0 Å². The van der Waals surface area contributed by atoms with Crippen molar-refractivity contribution in [3.63, 3.8) is 0 Å². The summed E-state index contributed by atoms with van der Waals surface area (Å²) in [7, 11) is 0. The molecule has 5 aliphatic rings. The number of aryl methyl sites for hydroxylation is 3. The summed E-state index contributed by atoms with van der Waals surface area (Å²) in [5, 5.41) is 15.3. The Kier molecular flexibility index (Phi) is 7.79. The number of carbonyl (C=O) groups excluding carboxylic acids is 1. The van der Waals surface area contributed by atoms with E-state index in [0.717, 1.165) is 47.3 Å². The Bertz CT molecular complexity index is 2360. The molecule has 2 aliphatic carbocycles. The van der Waals surface area contributed by atoms with Gasteiger partial charge in [0, 0.05) is 76.1 Å². The summed E-state index contributed by atoms with van der Waals surface area (Å²) in [4.78, 5) is 21.7. The Hall–Kier alpha value is -3.59. The van der Waals surface area contributed by atoms with Crippen LogP contribution < -0.4 is 5.32 Å². The molecule has 0 unspecified atom stereocenters. The molecule has 1 N–H and O–H groups in total. The number of likely N-dealkylation sites (tertiary alicyclic amines) is 1. The van der Waals surface area contributed by atoms with Crippen molar-refractivity contribution in [3.8, 4) is 17.2 Å². The lowest BCUT2D eigenvalue weighted by Gasteiger charge is -2.39. The van der Waals surface area contributed by atoms with E-state index in [9.17, 15) is 10.1 Å². The molecule has 5 atom stereocenters. The zero-order chi connectivity index (χ0) is 36.9. The molecule has 51 heavy (non-hydrogen) atoms. The molecule has 6 heterocycles. The van der Waals surface area contributed by atoms with E-state index in [4.69, 9.17) is 35.7 Å². The van der Waals surface area contributed by atoms with E-state index in [-0.39, 0.29) is 58.7 Å². The van der Waals surface area contributed by atoms with Crippen LogP contribution in [0.3, 0.4) is 0 Å². The predicted molar refractivity (Wildman–Crippen MR) is 197 cm³/mol. The van der Waals surface area contributed by atoms with Crippen LogP contribution in [-0.4, -0.2) is 50.0 Å². The lowest BCUT2D eigenvalue weighted by Crippen LogP contribution is -2.41. The van der Waals surface area contributed by atoms with Gasteiger partial charge in [0.15, 0.2) is 5.82 Å². The average Bonchev–Trinajstić information content (AvgIpc) is 3.57. The maximum Gasteiger partial charge on any atom is 0.226 e. The van der Waals surface area contributed by atoms with Gasteiger partial charge >= 0.3 is 0 Å². The van der Waals surface area contributed by atoms with Gasteiger partial charge in [0.25, 0.3) is 0 Å². The van der Waals surface area contributed by atoms with Gasteiger partial charge in [-0.2, -0.15) is 9.64 Å². The van der Waals surface area contributed by atoms with Gasteiger partial charge in [-0.25, -0.2) is 9.37 Å². The monoisotopic (exact) mass is 744 g/mol. The van der Waals surface area contributed by atoms with Crippen molar-refractivity contribution >= 4 is 62.4 Å². The minimum absolute atomic E-state index is 0.0497. The fourth-order valence-electron chi connectivity index (χ4n) is 8.63. The number of benzene rings is 2. The molecule has 3 aliphatic heterocycles. The second kappa shape index (κ2) is 12.8. The number of pyridine rings is 1. The average molecular weight is 746 g/mol. The van der Waals surface area contributed by atoms with Crippen molar-refractivity contribution in [2.75, 3.05) is 13.1 Å². The highest BCUT2D eigenvalue weighted by Gasteiger charge is 2.51. The van der Waals surface area contributed by atoms with Gasteiger partial charge in [0.05, 0.1) is 54.8 Å². The number of hydrogen-bond acceptors (Lipinski definition) is 7.